The molecule has 5 N–H and O–H groups in total. The lowest BCUT2D eigenvalue weighted by molar-refractivity contribution is 0.615. The van der Waals surface area contributed by atoms with Crippen LogP contribution in [-0.2, 0) is 0 Å². The van der Waals surface area contributed by atoms with Gasteiger partial charge in [0, 0.05) is 14.1 Å². The maximum Gasteiger partial charge on any atom is 0.215 e. The summed E-state index contributed by atoms with van der Waals surface area (Å²) in [6.07, 6.45) is 0. The van der Waals surface area contributed by atoms with E-state index in [-0.39, 0.29) is 28.9 Å². The van der Waals surface area contributed by atoms with Gasteiger partial charge in [-0.1, -0.05) is 0 Å². The van der Waals surface area contributed by atoms with Gasteiger partial charge in [0.05, 0.1) is 0 Å². The second-order valence-electron chi connectivity index (χ2n) is 1.75. The maximum absolute atomic E-state index is 6.70. The Labute approximate surface area is 70.4 Å². The zero-order chi connectivity index (χ0) is 7.44. The van der Waals surface area contributed by atoms with E-state index in [0.29, 0.717) is 0 Å². The minimum atomic E-state index is -0.277. The monoisotopic (exact) mass is 209 g/mol. The Kier molecular flexibility index (Phi) is 6.02. The Bertz CT molecular complexity index is 141. The van der Waals surface area contributed by atoms with Crippen molar-refractivity contribution < 1.29 is 0 Å². The van der Waals surface area contributed by atoms with Crippen LogP contribution in [0.5, 0.6) is 0 Å². The van der Waals surface area contributed by atoms with E-state index < -0.39 is 0 Å². The standard InChI is InChI=1S/C4H11N5.BrH/c1-9(2)4(7)8-3(5)6;/h1-2H3,(H5,5,6,7,8);1H. The van der Waals surface area contributed by atoms with Gasteiger partial charge in [-0.2, -0.15) is 4.99 Å². The molecule has 0 aromatic carbocycles. The molecule has 0 fully saturated rings. The molecule has 0 heterocycles. The number of halogens is 1. The lowest BCUT2D eigenvalue weighted by Crippen LogP contribution is -2.32. The molecule has 60 valence electrons. The molecule has 0 spiro atoms. The van der Waals surface area contributed by atoms with Crippen LogP contribution in [0.4, 0.5) is 0 Å². The second-order valence-corrected chi connectivity index (χ2v) is 1.75. The number of nitrogens with zero attached hydrogens (tertiary/aromatic N) is 2. The second kappa shape index (κ2) is 5.04. The van der Waals surface area contributed by atoms with Gasteiger partial charge in [0.1, 0.15) is 0 Å². The Morgan fingerprint density at radius 1 is 1.40 bits per heavy atom. The number of nitrogens with two attached hydrogens (primary N) is 2. The van der Waals surface area contributed by atoms with Crippen LogP contribution in [0.25, 0.3) is 0 Å². The van der Waals surface area contributed by atoms with Gasteiger partial charge in [-0.05, 0) is 0 Å². The van der Waals surface area contributed by atoms with E-state index in [9.17, 15) is 0 Å². The molecule has 10 heavy (non-hydrogen) atoms. The first-order valence-electron chi connectivity index (χ1n) is 2.39. The fourth-order valence-corrected chi connectivity index (χ4v) is 0.223. The summed E-state index contributed by atoms with van der Waals surface area (Å²) in [6, 6.07) is 0. The summed E-state index contributed by atoms with van der Waals surface area (Å²) in [7, 11) is 3.45. The molecule has 0 aromatic heterocycles. The van der Waals surface area contributed by atoms with Crippen LogP contribution < -0.4 is 11.5 Å². The molecule has 0 unspecified atom stereocenters. The predicted molar refractivity (Wildman–Crippen MR) is 47.5 cm³/mol. The van der Waals surface area contributed by atoms with E-state index in [1.165, 1.54) is 0 Å². The van der Waals surface area contributed by atoms with Crippen molar-refractivity contribution in [1.29, 1.82) is 5.41 Å². The third-order valence-corrected chi connectivity index (χ3v) is 0.693. The molecular formula is C4H12BrN5. The summed E-state index contributed by atoms with van der Waals surface area (Å²) in [5, 5.41) is 6.70. The van der Waals surface area contributed by atoms with Gasteiger partial charge >= 0.3 is 0 Å². The first kappa shape index (κ1) is 12.0. The summed E-state index contributed by atoms with van der Waals surface area (Å²) in [5.74, 6) is -0.0382. The first-order chi connectivity index (χ1) is 4.04. The lowest BCUT2D eigenvalue weighted by atomic mass is 10.8. The van der Waals surface area contributed by atoms with Crippen molar-refractivity contribution in [3.8, 4) is 0 Å². The van der Waals surface area contributed by atoms with Crippen molar-refractivity contribution in [3.63, 3.8) is 0 Å². The third-order valence-electron chi connectivity index (χ3n) is 0.693. The van der Waals surface area contributed by atoms with Crippen molar-refractivity contribution in [2.75, 3.05) is 14.1 Å². The average molecular weight is 210 g/mol. The van der Waals surface area contributed by atoms with Crippen LogP contribution in [0, 0.1) is 5.41 Å². The van der Waals surface area contributed by atoms with Gasteiger partial charge in [-0.3, -0.25) is 5.41 Å². The smallest absolute Gasteiger partial charge is 0.215 e. The summed E-state index contributed by atoms with van der Waals surface area (Å²) in [5.41, 5.74) is 10.2. The van der Waals surface area contributed by atoms with Crippen molar-refractivity contribution in [1.82, 2.24) is 4.90 Å². The number of guanidine groups is 2. The summed E-state index contributed by atoms with van der Waals surface area (Å²) in [4.78, 5) is 5.03. The van der Waals surface area contributed by atoms with E-state index in [4.69, 9.17) is 16.9 Å². The van der Waals surface area contributed by atoms with E-state index in [0.717, 1.165) is 0 Å². The van der Waals surface area contributed by atoms with Gasteiger partial charge in [0.2, 0.25) is 5.96 Å². The van der Waals surface area contributed by atoms with E-state index >= 15 is 0 Å². The van der Waals surface area contributed by atoms with Crippen LogP contribution in [0.3, 0.4) is 0 Å². The van der Waals surface area contributed by atoms with Crippen molar-refractivity contribution >= 4 is 28.9 Å². The van der Waals surface area contributed by atoms with E-state index in [2.05, 4.69) is 4.99 Å². The van der Waals surface area contributed by atoms with Crippen LogP contribution in [0.2, 0.25) is 0 Å². The Balaban J connectivity index is 0. The minimum Gasteiger partial charge on any atom is -0.369 e. The van der Waals surface area contributed by atoms with Gasteiger partial charge in [-0.25, -0.2) is 0 Å². The van der Waals surface area contributed by atoms with E-state index in [1.54, 1.807) is 19.0 Å². The van der Waals surface area contributed by atoms with Gasteiger partial charge in [-0.15, -0.1) is 17.0 Å². The van der Waals surface area contributed by atoms with Gasteiger partial charge in [0.15, 0.2) is 5.96 Å². The number of rotatable bonds is 0. The fourth-order valence-electron chi connectivity index (χ4n) is 0.223. The molecular weight excluding hydrogens is 198 g/mol. The number of aliphatic imine (C=N–C) groups is 1. The van der Waals surface area contributed by atoms with Crippen molar-refractivity contribution in [2.24, 2.45) is 16.5 Å². The minimum absolute atomic E-state index is 0. The number of hydrogen-bond acceptors (Lipinski definition) is 1. The highest BCUT2D eigenvalue weighted by Gasteiger charge is 1.92. The van der Waals surface area contributed by atoms with Gasteiger partial charge in [0.25, 0.3) is 0 Å². The van der Waals surface area contributed by atoms with Crippen LogP contribution >= 0.6 is 17.0 Å². The van der Waals surface area contributed by atoms with Crippen LogP contribution in [-0.4, -0.2) is 30.9 Å². The Morgan fingerprint density at radius 2 is 1.80 bits per heavy atom. The Morgan fingerprint density at radius 3 is 1.90 bits per heavy atom. The molecule has 0 amide bonds. The SMILES string of the molecule is Br.CN(C)/C(N)=N/C(=N)N. The topological polar surface area (TPSA) is 91.5 Å². The molecule has 0 aliphatic rings. The highest BCUT2D eigenvalue weighted by atomic mass is 79.9. The molecule has 6 heteroatoms. The van der Waals surface area contributed by atoms with E-state index in [1.807, 2.05) is 0 Å². The zero-order valence-corrected chi connectivity index (χ0v) is 7.67. The Hall–Kier alpha value is -0.780. The molecule has 0 atom stereocenters. The van der Waals surface area contributed by atoms with Crippen LogP contribution in [0.15, 0.2) is 4.99 Å². The average Bonchev–Trinajstić information content (AvgIpc) is 1.63. The molecule has 0 saturated carbocycles. The molecule has 5 nitrogen and oxygen atoms in total. The van der Waals surface area contributed by atoms with Crippen molar-refractivity contribution in [2.45, 2.75) is 0 Å². The summed E-state index contributed by atoms with van der Waals surface area (Å²) >= 11 is 0. The fraction of sp³-hybridized carbons (Fsp3) is 0.500. The summed E-state index contributed by atoms with van der Waals surface area (Å²) in [6.45, 7) is 0. The highest BCUT2D eigenvalue weighted by molar-refractivity contribution is 8.93. The molecule has 0 saturated heterocycles. The first-order valence-corrected chi connectivity index (χ1v) is 2.39. The molecule has 0 aliphatic heterocycles. The predicted octanol–water partition coefficient (Wildman–Crippen LogP) is -0.666. The normalized spacial score (nSPS) is 10.0. The van der Waals surface area contributed by atoms with Gasteiger partial charge < -0.3 is 16.4 Å². The quantitative estimate of drug-likeness (QED) is 0.366. The zero-order valence-electron chi connectivity index (χ0n) is 5.96. The molecule has 0 radical (unpaired) electrons. The number of nitrogens with one attached hydrogen (secondary N) is 1. The third kappa shape index (κ3) is 5.36. The number of hydrogen-bond donors (Lipinski definition) is 3. The largest absolute Gasteiger partial charge is 0.369 e. The summed E-state index contributed by atoms with van der Waals surface area (Å²) < 4.78 is 0. The lowest BCUT2D eigenvalue weighted by Gasteiger charge is -2.08. The maximum atomic E-state index is 6.70. The molecule has 0 bridgehead atoms. The highest BCUT2D eigenvalue weighted by Crippen LogP contribution is 1.73. The molecule has 0 rings (SSSR count). The van der Waals surface area contributed by atoms with Crippen molar-refractivity contribution in [3.05, 3.63) is 0 Å². The van der Waals surface area contributed by atoms with Crippen LogP contribution in [0.1, 0.15) is 0 Å². The molecule has 0 aromatic rings. The molecule has 0 aliphatic carbocycles.